The third-order valence-corrected chi connectivity index (χ3v) is 4.23. The number of nitrogens with zero attached hydrogens (tertiary/aromatic N) is 1. The minimum absolute atomic E-state index is 0.0497. The molecule has 2 aromatic rings. The van der Waals surface area contributed by atoms with E-state index in [1.807, 2.05) is 0 Å². The molecular weight excluding hydrogens is 370 g/mol. The molecule has 2 rings (SSSR count). The number of benzene rings is 1. The Morgan fingerprint density at radius 1 is 1.34 bits per heavy atom. The van der Waals surface area contributed by atoms with Crippen molar-refractivity contribution in [1.29, 1.82) is 0 Å². The van der Waals surface area contributed by atoms with Crippen LogP contribution in [0.3, 0.4) is 0 Å². The molecule has 0 unspecified atom stereocenters. The first-order valence-electron chi connectivity index (χ1n) is 8.94. The van der Waals surface area contributed by atoms with Crippen LogP contribution >= 0.6 is 0 Å². The summed E-state index contributed by atoms with van der Waals surface area (Å²) in [6, 6.07) is 5.17. The molecule has 1 amide bonds. The van der Waals surface area contributed by atoms with Crippen molar-refractivity contribution in [2.75, 3.05) is 12.3 Å². The van der Waals surface area contributed by atoms with Crippen molar-refractivity contribution in [1.82, 2.24) is 10.3 Å². The zero-order valence-electron chi connectivity index (χ0n) is 16.8. The molecule has 0 bridgehead atoms. The molecule has 152 valence electrons. The molecule has 0 aliphatic rings. The monoisotopic (exact) mass is 395 g/mol. The van der Waals surface area contributed by atoms with Gasteiger partial charge in [-0.15, -0.1) is 0 Å². The van der Waals surface area contributed by atoms with Crippen molar-refractivity contribution < 1.29 is 19.4 Å². The number of aryl methyl sites for hydroxylation is 1. The van der Waals surface area contributed by atoms with E-state index in [9.17, 15) is 14.7 Å². The number of carbonyl (C=O) groups is 2. The van der Waals surface area contributed by atoms with Crippen LogP contribution in [-0.4, -0.2) is 34.1 Å². The van der Waals surface area contributed by atoms with Gasteiger partial charge < -0.3 is 20.9 Å². The highest BCUT2D eigenvalue weighted by atomic mass is 16.5. The van der Waals surface area contributed by atoms with Crippen molar-refractivity contribution in [3.05, 3.63) is 66.4 Å². The Bertz CT molecular complexity index is 1020. The van der Waals surface area contributed by atoms with Gasteiger partial charge in [0.15, 0.2) is 0 Å². The van der Waals surface area contributed by atoms with Crippen LogP contribution in [0.2, 0.25) is 0 Å². The Kier molecular flexibility index (Phi) is 6.43. The Labute approximate surface area is 169 Å². The molecule has 1 heterocycles. The predicted octanol–water partition coefficient (Wildman–Crippen LogP) is 3.40. The lowest BCUT2D eigenvalue weighted by atomic mass is 10.0. The molecule has 0 radical (unpaired) electrons. The van der Waals surface area contributed by atoms with Crippen LogP contribution in [0.25, 0.3) is 10.9 Å². The van der Waals surface area contributed by atoms with E-state index in [0.29, 0.717) is 27.9 Å². The number of pyridine rings is 1. The van der Waals surface area contributed by atoms with Crippen LogP contribution in [0.1, 0.15) is 29.9 Å². The van der Waals surface area contributed by atoms with Crippen LogP contribution in [0.4, 0.5) is 5.69 Å². The number of aromatic nitrogens is 1. The summed E-state index contributed by atoms with van der Waals surface area (Å²) in [7, 11) is 0. The summed E-state index contributed by atoms with van der Waals surface area (Å²) in [4.78, 5) is 28.2. The number of carboxylic acids is 1. The summed E-state index contributed by atoms with van der Waals surface area (Å²) in [5.41, 5.74) is 6.70. The number of hydrogen-bond acceptors (Lipinski definition) is 5. The lowest BCUT2D eigenvalue weighted by molar-refractivity contribution is -0.119. The number of aromatic carboxylic acids is 1. The summed E-state index contributed by atoms with van der Waals surface area (Å²) >= 11 is 0. The Morgan fingerprint density at radius 3 is 2.62 bits per heavy atom. The van der Waals surface area contributed by atoms with Crippen molar-refractivity contribution in [3.63, 3.8) is 0 Å². The Morgan fingerprint density at radius 2 is 2.03 bits per heavy atom. The predicted molar refractivity (Wildman–Crippen MR) is 114 cm³/mol. The molecule has 0 aliphatic carbocycles. The summed E-state index contributed by atoms with van der Waals surface area (Å²) in [5, 5.41) is 12.7. The molecule has 1 aromatic heterocycles. The number of carbonyl (C=O) groups excluding carboxylic acids is 1. The number of ether oxygens (including phenoxy) is 1. The fraction of sp³-hybridized carbons (Fsp3) is 0.227. The van der Waals surface area contributed by atoms with Crippen molar-refractivity contribution in [2.45, 2.75) is 26.3 Å². The standard InChI is InChI=1S/C22H25N3O4/c1-6-9-14(7-2)20(26)25-22(4,5)12-29-16-11-8-10-15-18(16)19(23)17(21(27)28)13(3)24-15/h6-11H,1-2,12H2,3-5H3,(H2,23,24)(H,25,26)(H,27,28)/b14-9+. The van der Waals surface area contributed by atoms with Crippen LogP contribution in [0, 0.1) is 6.92 Å². The van der Waals surface area contributed by atoms with Crippen molar-refractivity contribution in [2.24, 2.45) is 0 Å². The molecule has 0 fully saturated rings. The van der Waals surface area contributed by atoms with Gasteiger partial charge in [0.1, 0.15) is 17.9 Å². The number of nitrogen functional groups attached to an aromatic ring is 1. The molecule has 7 nitrogen and oxygen atoms in total. The molecule has 0 spiro atoms. The summed E-state index contributed by atoms with van der Waals surface area (Å²) in [5.74, 6) is -1.07. The molecule has 0 atom stereocenters. The van der Waals surface area contributed by atoms with Gasteiger partial charge in [-0.05, 0) is 32.9 Å². The van der Waals surface area contributed by atoms with Crippen molar-refractivity contribution in [3.8, 4) is 5.75 Å². The molecule has 1 aromatic carbocycles. The highest BCUT2D eigenvalue weighted by molar-refractivity contribution is 6.06. The third kappa shape index (κ3) is 4.82. The maximum Gasteiger partial charge on any atom is 0.339 e. The molecule has 0 aliphatic heterocycles. The smallest absolute Gasteiger partial charge is 0.339 e. The molecule has 0 saturated carbocycles. The number of allylic oxidation sites excluding steroid dienone is 2. The number of carboxylic acid groups (broad SMARTS) is 1. The van der Waals surface area contributed by atoms with E-state index in [2.05, 4.69) is 23.5 Å². The lowest BCUT2D eigenvalue weighted by Gasteiger charge is -2.27. The molecule has 7 heteroatoms. The van der Waals surface area contributed by atoms with E-state index in [0.717, 1.165) is 0 Å². The Hall–Kier alpha value is -3.61. The molecular formula is C22H25N3O4. The van der Waals surface area contributed by atoms with Gasteiger partial charge in [-0.25, -0.2) is 4.79 Å². The quantitative estimate of drug-likeness (QED) is 0.466. The average Bonchev–Trinajstić information content (AvgIpc) is 2.63. The van der Waals surface area contributed by atoms with Crippen LogP contribution in [0.5, 0.6) is 5.75 Å². The molecule has 29 heavy (non-hydrogen) atoms. The van der Waals surface area contributed by atoms with E-state index in [4.69, 9.17) is 10.5 Å². The fourth-order valence-electron chi connectivity index (χ4n) is 2.87. The second-order valence-corrected chi connectivity index (χ2v) is 7.13. The Balaban J connectivity index is 2.32. The van der Waals surface area contributed by atoms with Gasteiger partial charge in [-0.3, -0.25) is 9.78 Å². The molecule has 4 N–H and O–H groups in total. The number of hydrogen-bond donors (Lipinski definition) is 3. The van der Waals surface area contributed by atoms with E-state index < -0.39 is 11.5 Å². The van der Waals surface area contributed by atoms with Gasteiger partial charge in [0, 0.05) is 5.57 Å². The second kappa shape index (κ2) is 8.60. The van der Waals surface area contributed by atoms with E-state index in [1.165, 1.54) is 12.2 Å². The number of rotatable bonds is 8. The third-order valence-electron chi connectivity index (χ3n) is 4.23. The summed E-state index contributed by atoms with van der Waals surface area (Å²) in [6.45, 7) is 12.5. The zero-order valence-corrected chi connectivity index (χ0v) is 16.8. The van der Waals surface area contributed by atoms with Gasteiger partial charge >= 0.3 is 5.97 Å². The SMILES string of the molecule is C=C/C=C(\C=C)C(=O)NC(C)(C)COc1cccc2nc(C)c(C(=O)O)c(N)c12. The zero-order chi connectivity index (χ0) is 21.8. The second-order valence-electron chi connectivity index (χ2n) is 7.13. The minimum atomic E-state index is -1.15. The summed E-state index contributed by atoms with van der Waals surface area (Å²) < 4.78 is 5.92. The first kappa shape index (κ1) is 21.7. The summed E-state index contributed by atoms with van der Waals surface area (Å²) in [6.07, 6.45) is 4.51. The molecule has 0 saturated heterocycles. The lowest BCUT2D eigenvalue weighted by Crippen LogP contribution is -2.48. The van der Waals surface area contributed by atoms with Gasteiger partial charge in [0.2, 0.25) is 0 Å². The topological polar surface area (TPSA) is 115 Å². The first-order valence-corrected chi connectivity index (χ1v) is 8.94. The highest BCUT2D eigenvalue weighted by Gasteiger charge is 2.24. The van der Waals surface area contributed by atoms with Gasteiger partial charge in [0.25, 0.3) is 5.91 Å². The van der Waals surface area contributed by atoms with Crippen molar-refractivity contribution >= 4 is 28.5 Å². The average molecular weight is 395 g/mol. The number of amides is 1. The number of fused-ring (bicyclic) bond motifs is 1. The fourth-order valence-corrected chi connectivity index (χ4v) is 2.87. The van der Waals surface area contributed by atoms with Crippen LogP contribution in [-0.2, 0) is 4.79 Å². The number of nitrogens with one attached hydrogen (secondary N) is 1. The van der Waals surface area contributed by atoms with E-state index >= 15 is 0 Å². The minimum Gasteiger partial charge on any atom is -0.490 e. The van der Waals surface area contributed by atoms with Gasteiger partial charge in [-0.1, -0.05) is 37.5 Å². The number of anilines is 1. The maximum absolute atomic E-state index is 12.4. The highest BCUT2D eigenvalue weighted by Crippen LogP contribution is 2.33. The van der Waals surface area contributed by atoms with Crippen LogP contribution < -0.4 is 15.8 Å². The van der Waals surface area contributed by atoms with E-state index in [-0.39, 0.29) is 23.8 Å². The van der Waals surface area contributed by atoms with Crippen LogP contribution in [0.15, 0.2) is 55.2 Å². The van der Waals surface area contributed by atoms with Gasteiger partial charge in [0.05, 0.1) is 27.8 Å². The normalized spacial score (nSPS) is 11.8. The van der Waals surface area contributed by atoms with E-state index in [1.54, 1.807) is 45.0 Å². The maximum atomic E-state index is 12.4. The first-order chi connectivity index (χ1) is 13.6. The largest absolute Gasteiger partial charge is 0.490 e. The number of nitrogens with two attached hydrogens (primary N) is 1. The van der Waals surface area contributed by atoms with Gasteiger partial charge in [-0.2, -0.15) is 0 Å².